The predicted octanol–water partition coefficient (Wildman–Crippen LogP) is 2.77. The van der Waals surface area contributed by atoms with Gasteiger partial charge in [0.1, 0.15) is 5.75 Å². The zero-order valence-corrected chi connectivity index (χ0v) is 15.8. The van der Waals surface area contributed by atoms with Crippen molar-refractivity contribution in [1.82, 2.24) is 14.8 Å². The Bertz CT molecular complexity index is 650. The number of thiazole rings is 1. The van der Waals surface area contributed by atoms with Crippen molar-refractivity contribution < 1.29 is 4.74 Å². The second-order valence-corrected chi connectivity index (χ2v) is 7.55. The van der Waals surface area contributed by atoms with Crippen LogP contribution in [0.15, 0.2) is 18.2 Å². The molecule has 3 rings (SSSR count). The molecule has 0 unspecified atom stereocenters. The lowest BCUT2D eigenvalue weighted by Crippen LogP contribution is -2.46. The molecule has 0 radical (unpaired) electrons. The van der Waals surface area contributed by atoms with Crippen LogP contribution in [0.4, 0.5) is 5.13 Å². The minimum absolute atomic E-state index is 0.701. The van der Waals surface area contributed by atoms with Crippen molar-refractivity contribution in [2.45, 2.75) is 13.3 Å². The van der Waals surface area contributed by atoms with Gasteiger partial charge in [-0.25, -0.2) is 4.98 Å². The molecule has 0 saturated carbocycles. The van der Waals surface area contributed by atoms with Gasteiger partial charge in [-0.05, 0) is 58.7 Å². The van der Waals surface area contributed by atoms with Crippen molar-refractivity contribution in [2.24, 2.45) is 0 Å². The summed E-state index contributed by atoms with van der Waals surface area (Å²) in [6.45, 7) is 9.48. The summed E-state index contributed by atoms with van der Waals surface area (Å²) in [5.74, 6) is 0.936. The Morgan fingerprint density at radius 1 is 1.21 bits per heavy atom. The number of ether oxygens (including phenoxy) is 1. The number of benzene rings is 1. The van der Waals surface area contributed by atoms with Crippen LogP contribution in [-0.2, 0) is 0 Å². The van der Waals surface area contributed by atoms with E-state index in [0.717, 1.165) is 42.6 Å². The van der Waals surface area contributed by atoms with Crippen LogP contribution in [0.3, 0.4) is 0 Å². The lowest BCUT2D eigenvalue weighted by Gasteiger charge is -2.34. The number of nitrogens with zero attached hydrogens (tertiary/aromatic N) is 4. The molecular weight excluding hydrogens is 320 g/mol. The maximum Gasteiger partial charge on any atom is 0.186 e. The number of anilines is 1. The van der Waals surface area contributed by atoms with Gasteiger partial charge in [0, 0.05) is 26.2 Å². The summed E-state index contributed by atoms with van der Waals surface area (Å²) in [7, 11) is 4.28. The molecule has 0 bridgehead atoms. The van der Waals surface area contributed by atoms with Gasteiger partial charge in [-0.2, -0.15) is 0 Å². The lowest BCUT2D eigenvalue weighted by molar-refractivity contribution is 0.242. The maximum absolute atomic E-state index is 5.59. The minimum Gasteiger partial charge on any atom is -0.494 e. The third kappa shape index (κ3) is 4.37. The predicted molar refractivity (Wildman–Crippen MR) is 103 cm³/mol. The van der Waals surface area contributed by atoms with Gasteiger partial charge in [0.15, 0.2) is 5.13 Å². The molecule has 5 nitrogen and oxygen atoms in total. The van der Waals surface area contributed by atoms with E-state index in [1.165, 1.54) is 24.2 Å². The number of fused-ring (bicyclic) bond motifs is 1. The van der Waals surface area contributed by atoms with Crippen LogP contribution in [0.25, 0.3) is 10.2 Å². The number of hydrogen-bond donors (Lipinski definition) is 0. The first-order chi connectivity index (χ1) is 11.7. The molecule has 2 aromatic rings. The summed E-state index contributed by atoms with van der Waals surface area (Å²) in [5.41, 5.74) is 1.08. The highest BCUT2D eigenvalue weighted by Crippen LogP contribution is 2.31. The smallest absolute Gasteiger partial charge is 0.186 e. The molecule has 1 fully saturated rings. The molecule has 0 atom stereocenters. The molecule has 1 aromatic carbocycles. The van der Waals surface area contributed by atoms with Gasteiger partial charge in [-0.15, -0.1) is 0 Å². The van der Waals surface area contributed by atoms with E-state index in [4.69, 9.17) is 9.72 Å². The molecule has 0 N–H and O–H groups in total. The average Bonchev–Trinajstić information content (AvgIpc) is 2.99. The summed E-state index contributed by atoms with van der Waals surface area (Å²) in [6.07, 6.45) is 1.24. The van der Waals surface area contributed by atoms with Crippen molar-refractivity contribution in [3.8, 4) is 5.75 Å². The van der Waals surface area contributed by atoms with Crippen LogP contribution in [0.2, 0.25) is 0 Å². The van der Waals surface area contributed by atoms with Crippen LogP contribution in [0, 0.1) is 0 Å². The second kappa shape index (κ2) is 8.14. The van der Waals surface area contributed by atoms with Gasteiger partial charge < -0.3 is 14.5 Å². The fraction of sp³-hybridized carbons (Fsp3) is 0.611. The normalized spacial score (nSPS) is 16.2. The molecular formula is C18H28N4OS. The zero-order valence-electron chi connectivity index (χ0n) is 15.0. The molecule has 24 heavy (non-hydrogen) atoms. The standard InChI is InChI=1S/C18H28N4OS/c1-4-23-15-6-7-16-17(14-15)24-18(19-16)22-12-10-21(11-13-22)9-5-8-20(2)3/h6-7,14H,4-5,8-13H2,1-3H3. The lowest BCUT2D eigenvalue weighted by atomic mass is 10.3. The quantitative estimate of drug-likeness (QED) is 0.768. The molecule has 132 valence electrons. The van der Waals surface area contributed by atoms with Gasteiger partial charge >= 0.3 is 0 Å². The highest BCUT2D eigenvalue weighted by atomic mass is 32.1. The number of piperazine rings is 1. The first-order valence-electron chi connectivity index (χ1n) is 8.81. The third-order valence-electron chi connectivity index (χ3n) is 4.38. The SMILES string of the molecule is CCOc1ccc2nc(N3CCN(CCCN(C)C)CC3)sc2c1. The van der Waals surface area contributed by atoms with E-state index in [1.54, 1.807) is 11.3 Å². The minimum atomic E-state index is 0.701. The third-order valence-corrected chi connectivity index (χ3v) is 5.46. The van der Waals surface area contributed by atoms with E-state index in [-0.39, 0.29) is 0 Å². The van der Waals surface area contributed by atoms with Gasteiger partial charge in [-0.3, -0.25) is 4.90 Å². The van der Waals surface area contributed by atoms with Crippen LogP contribution in [0.1, 0.15) is 13.3 Å². The Hall–Kier alpha value is -1.37. The van der Waals surface area contributed by atoms with Gasteiger partial charge in [-0.1, -0.05) is 11.3 Å². The van der Waals surface area contributed by atoms with Crippen LogP contribution >= 0.6 is 11.3 Å². The Balaban J connectivity index is 1.57. The number of hydrogen-bond acceptors (Lipinski definition) is 6. The van der Waals surface area contributed by atoms with E-state index in [0.29, 0.717) is 6.61 Å². The Labute approximate surface area is 148 Å². The van der Waals surface area contributed by atoms with Gasteiger partial charge in [0.25, 0.3) is 0 Å². The topological polar surface area (TPSA) is 31.8 Å². The molecule has 6 heteroatoms. The van der Waals surface area contributed by atoms with Crippen molar-refractivity contribution >= 4 is 26.7 Å². The van der Waals surface area contributed by atoms with E-state index in [9.17, 15) is 0 Å². The Morgan fingerprint density at radius 2 is 2.00 bits per heavy atom. The fourth-order valence-electron chi connectivity index (χ4n) is 3.06. The van der Waals surface area contributed by atoms with Crippen molar-refractivity contribution in [1.29, 1.82) is 0 Å². The molecule has 1 aliphatic heterocycles. The van der Waals surface area contributed by atoms with E-state index < -0.39 is 0 Å². The van der Waals surface area contributed by atoms with E-state index >= 15 is 0 Å². The van der Waals surface area contributed by atoms with E-state index in [2.05, 4.69) is 40.9 Å². The van der Waals surface area contributed by atoms with Crippen LogP contribution in [-0.4, -0.2) is 74.8 Å². The van der Waals surface area contributed by atoms with E-state index in [1.807, 2.05) is 13.0 Å². The van der Waals surface area contributed by atoms with Crippen molar-refractivity contribution in [3.05, 3.63) is 18.2 Å². The monoisotopic (exact) mass is 348 g/mol. The van der Waals surface area contributed by atoms with Crippen molar-refractivity contribution in [3.63, 3.8) is 0 Å². The molecule has 0 aliphatic carbocycles. The summed E-state index contributed by atoms with van der Waals surface area (Å²) in [5, 5.41) is 1.14. The molecule has 1 aromatic heterocycles. The summed E-state index contributed by atoms with van der Waals surface area (Å²) in [6, 6.07) is 6.19. The maximum atomic E-state index is 5.59. The summed E-state index contributed by atoms with van der Waals surface area (Å²) >= 11 is 1.78. The van der Waals surface area contributed by atoms with Crippen LogP contribution < -0.4 is 9.64 Å². The van der Waals surface area contributed by atoms with Crippen LogP contribution in [0.5, 0.6) is 5.75 Å². The summed E-state index contributed by atoms with van der Waals surface area (Å²) < 4.78 is 6.80. The number of aromatic nitrogens is 1. The molecule has 1 saturated heterocycles. The summed E-state index contributed by atoms with van der Waals surface area (Å²) in [4.78, 5) is 12.1. The largest absolute Gasteiger partial charge is 0.494 e. The first kappa shape index (κ1) is 17.5. The Kier molecular flexibility index (Phi) is 5.92. The second-order valence-electron chi connectivity index (χ2n) is 6.54. The van der Waals surface area contributed by atoms with Gasteiger partial charge in [0.05, 0.1) is 16.8 Å². The molecule has 2 heterocycles. The number of rotatable bonds is 7. The highest BCUT2D eigenvalue weighted by molar-refractivity contribution is 7.22. The Morgan fingerprint density at radius 3 is 2.71 bits per heavy atom. The molecule has 0 amide bonds. The average molecular weight is 349 g/mol. The zero-order chi connectivity index (χ0) is 16.9. The van der Waals surface area contributed by atoms with Crippen molar-refractivity contribution in [2.75, 3.05) is 64.9 Å². The van der Waals surface area contributed by atoms with Gasteiger partial charge in [0.2, 0.25) is 0 Å². The highest BCUT2D eigenvalue weighted by Gasteiger charge is 2.19. The first-order valence-corrected chi connectivity index (χ1v) is 9.63. The fourth-order valence-corrected chi connectivity index (χ4v) is 4.10. The molecule has 0 spiro atoms. The molecule has 1 aliphatic rings.